The van der Waals surface area contributed by atoms with E-state index in [1.165, 1.54) is 11.8 Å². The lowest BCUT2D eigenvalue weighted by atomic mass is 10.1. The molecule has 4 aromatic rings. The molecule has 0 unspecified atom stereocenters. The molecule has 32 heavy (non-hydrogen) atoms. The SMILES string of the molecule is CCOc1ccc(-c2cc3c(SCC(=O)NCCc4ccc(Cl)cc4)nccn3n2)cc1. The number of ether oxygens (including phenoxy) is 1. The first kappa shape index (κ1) is 22.2. The molecule has 8 heteroatoms. The normalized spacial score (nSPS) is 10.9. The molecule has 0 aliphatic rings. The number of aromatic nitrogens is 3. The maximum atomic E-state index is 12.3. The standard InChI is InChI=1S/C24H23ClN4O2S/c1-2-31-20-9-5-18(6-10-20)21-15-22-24(27-13-14-29(22)28-21)32-16-23(30)26-12-11-17-3-7-19(25)8-4-17/h3-10,13-15H,2,11-12,16H2,1H3,(H,26,30). The van der Waals surface area contributed by atoms with E-state index in [-0.39, 0.29) is 11.7 Å². The molecule has 0 saturated heterocycles. The second-order valence-electron chi connectivity index (χ2n) is 7.06. The van der Waals surface area contributed by atoms with E-state index in [0.29, 0.717) is 18.2 Å². The summed E-state index contributed by atoms with van der Waals surface area (Å²) in [6.07, 6.45) is 4.27. The lowest BCUT2D eigenvalue weighted by Crippen LogP contribution is -2.27. The number of benzene rings is 2. The Morgan fingerprint density at radius 1 is 1.16 bits per heavy atom. The fourth-order valence-corrected chi connectivity index (χ4v) is 4.15. The van der Waals surface area contributed by atoms with E-state index >= 15 is 0 Å². The molecule has 2 heterocycles. The number of nitrogens with zero attached hydrogens (tertiary/aromatic N) is 3. The van der Waals surface area contributed by atoms with Crippen molar-refractivity contribution in [1.82, 2.24) is 19.9 Å². The molecular weight excluding hydrogens is 444 g/mol. The third-order valence-corrected chi connectivity index (χ3v) is 6.05. The molecule has 1 N–H and O–H groups in total. The highest BCUT2D eigenvalue weighted by molar-refractivity contribution is 8.00. The summed E-state index contributed by atoms with van der Waals surface area (Å²) in [6, 6.07) is 17.5. The summed E-state index contributed by atoms with van der Waals surface area (Å²) >= 11 is 7.30. The smallest absolute Gasteiger partial charge is 0.230 e. The van der Waals surface area contributed by atoms with Crippen molar-refractivity contribution in [1.29, 1.82) is 0 Å². The van der Waals surface area contributed by atoms with Crippen molar-refractivity contribution in [3.63, 3.8) is 0 Å². The first-order chi connectivity index (χ1) is 15.6. The van der Waals surface area contributed by atoms with Crippen molar-refractivity contribution in [3.8, 4) is 17.0 Å². The van der Waals surface area contributed by atoms with Gasteiger partial charge in [-0.25, -0.2) is 9.50 Å². The number of thioether (sulfide) groups is 1. The molecular formula is C24H23ClN4O2S. The van der Waals surface area contributed by atoms with Gasteiger partial charge in [0.25, 0.3) is 0 Å². The van der Waals surface area contributed by atoms with Crippen LogP contribution in [0.3, 0.4) is 0 Å². The van der Waals surface area contributed by atoms with Gasteiger partial charge >= 0.3 is 0 Å². The molecule has 0 fully saturated rings. The Morgan fingerprint density at radius 3 is 2.69 bits per heavy atom. The molecule has 0 bridgehead atoms. The van der Waals surface area contributed by atoms with Crippen LogP contribution in [0.25, 0.3) is 16.8 Å². The third-order valence-electron chi connectivity index (χ3n) is 4.80. The van der Waals surface area contributed by atoms with Crippen LogP contribution in [-0.4, -0.2) is 39.4 Å². The zero-order valence-electron chi connectivity index (χ0n) is 17.6. The summed E-state index contributed by atoms with van der Waals surface area (Å²) in [4.78, 5) is 16.7. The highest BCUT2D eigenvalue weighted by Gasteiger charge is 2.11. The number of rotatable bonds is 9. The second-order valence-corrected chi connectivity index (χ2v) is 8.46. The van der Waals surface area contributed by atoms with Crippen LogP contribution in [-0.2, 0) is 11.2 Å². The molecule has 1 amide bonds. The molecule has 0 aliphatic heterocycles. The van der Waals surface area contributed by atoms with E-state index in [2.05, 4.69) is 15.4 Å². The van der Waals surface area contributed by atoms with Crippen molar-refractivity contribution in [2.24, 2.45) is 0 Å². The molecule has 2 aromatic carbocycles. The fraction of sp³-hybridized carbons (Fsp3) is 0.208. The van der Waals surface area contributed by atoms with Crippen molar-refractivity contribution in [2.75, 3.05) is 18.9 Å². The highest BCUT2D eigenvalue weighted by atomic mass is 35.5. The van der Waals surface area contributed by atoms with Gasteiger partial charge in [-0.15, -0.1) is 0 Å². The van der Waals surface area contributed by atoms with Gasteiger partial charge in [-0.2, -0.15) is 5.10 Å². The first-order valence-electron chi connectivity index (χ1n) is 10.3. The van der Waals surface area contributed by atoms with Crippen LogP contribution in [0.5, 0.6) is 5.75 Å². The van der Waals surface area contributed by atoms with E-state index in [1.54, 1.807) is 10.7 Å². The minimum absolute atomic E-state index is 0.0287. The molecule has 4 rings (SSSR count). The monoisotopic (exact) mass is 466 g/mol. The van der Waals surface area contributed by atoms with Gasteiger partial charge in [0, 0.05) is 29.5 Å². The van der Waals surface area contributed by atoms with Gasteiger partial charge in [-0.05, 0) is 61.4 Å². The van der Waals surface area contributed by atoms with E-state index in [4.69, 9.17) is 16.3 Å². The quantitative estimate of drug-likeness (QED) is 0.355. The Balaban J connectivity index is 1.36. The van der Waals surface area contributed by atoms with Crippen LogP contribution in [0.1, 0.15) is 12.5 Å². The Hall–Kier alpha value is -3.03. The van der Waals surface area contributed by atoms with Gasteiger partial charge in [0.05, 0.1) is 23.6 Å². The largest absolute Gasteiger partial charge is 0.494 e. The van der Waals surface area contributed by atoms with E-state index < -0.39 is 0 Å². The summed E-state index contributed by atoms with van der Waals surface area (Å²) in [5.41, 5.74) is 3.84. The first-order valence-corrected chi connectivity index (χ1v) is 11.7. The van der Waals surface area contributed by atoms with Crippen molar-refractivity contribution in [2.45, 2.75) is 18.4 Å². The van der Waals surface area contributed by atoms with Crippen molar-refractivity contribution in [3.05, 3.63) is 77.6 Å². The zero-order chi connectivity index (χ0) is 22.3. The Bertz CT molecular complexity index is 1190. The Labute approximate surface area is 196 Å². The molecule has 6 nitrogen and oxygen atoms in total. The number of carbonyl (C=O) groups excluding carboxylic acids is 1. The van der Waals surface area contributed by atoms with E-state index in [9.17, 15) is 4.79 Å². The number of hydrogen-bond acceptors (Lipinski definition) is 5. The Kier molecular flexibility index (Phi) is 7.29. The van der Waals surface area contributed by atoms with Crippen LogP contribution < -0.4 is 10.1 Å². The summed E-state index contributed by atoms with van der Waals surface area (Å²) in [6.45, 7) is 3.17. The molecule has 0 spiro atoms. The van der Waals surface area contributed by atoms with Crippen LogP contribution in [0.15, 0.2) is 72.0 Å². The number of fused-ring (bicyclic) bond motifs is 1. The molecule has 164 valence electrons. The number of amides is 1. The number of nitrogens with one attached hydrogen (secondary N) is 1. The molecule has 2 aromatic heterocycles. The van der Waals surface area contributed by atoms with Crippen LogP contribution in [0.2, 0.25) is 5.02 Å². The van der Waals surface area contributed by atoms with Crippen LogP contribution in [0, 0.1) is 0 Å². The fourth-order valence-electron chi connectivity index (χ4n) is 3.22. The van der Waals surface area contributed by atoms with E-state index in [1.807, 2.05) is 67.7 Å². The van der Waals surface area contributed by atoms with E-state index in [0.717, 1.165) is 39.5 Å². The lowest BCUT2D eigenvalue weighted by Gasteiger charge is -2.06. The van der Waals surface area contributed by atoms with Gasteiger partial charge in [0.2, 0.25) is 5.91 Å². The van der Waals surface area contributed by atoms with Gasteiger partial charge in [0.15, 0.2) is 0 Å². The summed E-state index contributed by atoms with van der Waals surface area (Å²) in [5, 5.41) is 9.08. The van der Waals surface area contributed by atoms with Gasteiger partial charge in [-0.3, -0.25) is 4.79 Å². The predicted molar refractivity (Wildman–Crippen MR) is 128 cm³/mol. The average molecular weight is 467 g/mol. The van der Waals surface area contributed by atoms with Gasteiger partial charge < -0.3 is 10.1 Å². The average Bonchev–Trinajstić information content (AvgIpc) is 3.25. The zero-order valence-corrected chi connectivity index (χ0v) is 19.2. The Morgan fingerprint density at radius 2 is 1.94 bits per heavy atom. The van der Waals surface area contributed by atoms with Crippen molar-refractivity contribution >= 4 is 34.8 Å². The number of halogens is 1. The van der Waals surface area contributed by atoms with Gasteiger partial charge in [-0.1, -0.05) is 35.5 Å². The summed E-state index contributed by atoms with van der Waals surface area (Å²) in [7, 11) is 0. The molecule has 0 aliphatic carbocycles. The number of hydrogen-bond donors (Lipinski definition) is 1. The summed E-state index contributed by atoms with van der Waals surface area (Å²) < 4.78 is 7.30. The van der Waals surface area contributed by atoms with Gasteiger partial charge in [0.1, 0.15) is 10.8 Å². The van der Waals surface area contributed by atoms with Crippen LogP contribution >= 0.6 is 23.4 Å². The minimum atomic E-state index is -0.0287. The number of carbonyl (C=O) groups is 1. The maximum Gasteiger partial charge on any atom is 0.230 e. The highest BCUT2D eigenvalue weighted by Crippen LogP contribution is 2.27. The lowest BCUT2D eigenvalue weighted by molar-refractivity contribution is -0.118. The van der Waals surface area contributed by atoms with Crippen LogP contribution in [0.4, 0.5) is 0 Å². The maximum absolute atomic E-state index is 12.3. The third kappa shape index (κ3) is 5.60. The topological polar surface area (TPSA) is 68.5 Å². The predicted octanol–water partition coefficient (Wildman–Crippen LogP) is 4.90. The molecule has 0 saturated carbocycles. The molecule has 0 atom stereocenters. The van der Waals surface area contributed by atoms with Crippen molar-refractivity contribution < 1.29 is 9.53 Å². The minimum Gasteiger partial charge on any atom is -0.494 e. The second kappa shape index (κ2) is 10.5. The molecule has 0 radical (unpaired) electrons. The summed E-state index contributed by atoms with van der Waals surface area (Å²) in [5.74, 6) is 1.09.